The van der Waals surface area contributed by atoms with Crippen molar-refractivity contribution in [3.8, 4) is 11.5 Å². The van der Waals surface area contributed by atoms with E-state index in [-0.39, 0.29) is 37.4 Å². The molecule has 1 aliphatic heterocycles. The van der Waals surface area contributed by atoms with Crippen LogP contribution in [0.5, 0.6) is 11.5 Å². The summed E-state index contributed by atoms with van der Waals surface area (Å²) in [6, 6.07) is 4.01. The molecule has 0 spiro atoms. The zero-order valence-electron chi connectivity index (χ0n) is 18.1. The number of ether oxygens (including phenoxy) is 2. The van der Waals surface area contributed by atoms with Gasteiger partial charge in [-0.2, -0.15) is 0 Å². The number of urea groups is 1. The Balaban J connectivity index is 1.93. The number of amides is 3. The molecule has 9 heteroatoms. The van der Waals surface area contributed by atoms with E-state index in [0.29, 0.717) is 17.9 Å². The number of aliphatic hydroxyl groups is 2. The number of nitrogens with zero attached hydrogens (tertiary/aromatic N) is 1. The maximum atomic E-state index is 12.3. The Morgan fingerprint density at radius 2 is 2.00 bits per heavy atom. The van der Waals surface area contributed by atoms with Gasteiger partial charge in [-0.3, -0.25) is 9.69 Å². The molecule has 1 saturated heterocycles. The van der Waals surface area contributed by atoms with Gasteiger partial charge in [0.1, 0.15) is 0 Å². The van der Waals surface area contributed by atoms with Gasteiger partial charge in [-0.15, -0.1) is 0 Å². The highest BCUT2D eigenvalue weighted by atomic mass is 16.5. The van der Waals surface area contributed by atoms with Crippen molar-refractivity contribution in [2.24, 2.45) is 5.92 Å². The molecule has 1 aromatic rings. The predicted octanol–water partition coefficient (Wildman–Crippen LogP) is 0.872. The number of benzene rings is 1. The van der Waals surface area contributed by atoms with Crippen molar-refractivity contribution < 1.29 is 29.3 Å². The number of rotatable bonds is 11. The van der Waals surface area contributed by atoms with E-state index in [1.165, 1.54) is 4.90 Å². The second-order valence-electron chi connectivity index (χ2n) is 7.55. The molecule has 4 N–H and O–H groups in total. The van der Waals surface area contributed by atoms with E-state index in [9.17, 15) is 19.8 Å². The van der Waals surface area contributed by atoms with Crippen LogP contribution < -0.4 is 20.1 Å². The molecule has 9 nitrogen and oxygen atoms in total. The molecule has 2 rings (SSSR count). The van der Waals surface area contributed by atoms with Crippen molar-refractivity contribution in [2.75, 3.05) is 27.4 Å². The zero-order valence-corrected chi connectivity index (χ0v) is 18.1. The molecule has 1 aliphatic rings. The molecule has 0 radical (unpaired) electrons. The highest BCUT2D eigenvalue weighted by Crippen LogP contribution is 2.28. The summed E-state index contributed by atoms with van der Waals surface area (Å²) in [5.41, 5.74) is 0.924. The van der Waals surface area contributed by atoms with E-state index in [1.807, 2.05) is 26.0 Å². The van der Waals surface area contributed by atoms with Crippen LogP contribution >= 0.6 is 0 Å². The molecule has 0 aromatic heterocycles. The third-order valence-corrected chi connectivity index (χ3v) is 5.62. The summed E-state index contributed by atoms with van der Waals surface area (Å²) in [6.45, 7) is 4.06. The standard InChI is InChI=1S/C21H33N3O6/c1-5-13(2)16(12-25)22-19(26)11-15-20(27)24(21(28)23-15)9-8-14-6-7-17(29-3)18(10-14)30-4/h6-7,10,13,15-16,20,25,27H,5,8-9,11-12H2,1-4H3,(H,22,26)(H,23,28)/t13-,15-,16-,20-/m0/s1. The van der Waals surface area contributed by atoms with Crippen LogP contribution in [0, 0.1) is 5.92 Å². The number of hydrogen-bond donors (Lipinski definition) is 4. The molecule has 1 fully saturated rings. The molecule has 0 aliphatic carbocycles. The molecule has 1 heterocycles. The molecule has 30 heavy (non-hydrogen) atoms. The predicted molar refractivity (Wildman–Crippen MR) is 111 cm³/mol. The van der Waals surface area contributed by atoms with E-state index < -0.39 is 18.3 Å². The van der Waals surface area contributed by atoms with Crippen molar-refractivity contribution in [2.45, 2.75) is 51.4 Å². The van der Waals surface area contributed by atoms with Crippen LogP contribution in [0.25, 0.3) is 0 Å². The number of carbonyl (C=O) groups is 2. The lowest BCUT2D eigenvalue weighted by Crippen LogP contribution is -2.45. The highest BCUT2D eigenvalue weighted by molar-refractivity contribution is 5.81. The molecule has 0 saturated carbocycles. The summed E-state index contributed by atoms with van der Waals surface area (Å²) in [4.78, 5) is 25.9. The van der Waals surface area contributed by atoms with Gasteiger partial charge >= 0.3 is 6.03 Å². The Morgan fingerprint density at radius 1 is 1.30 bits per heavy atom. The Labute approximate surface area is 177 Å². The maximum absolute atomic E-state index is 12.3. The summed E-state index contributed by atoms with van der Waals surface area (Å²) in [5.74, 6) is 1.01. The Kier molecular flexibility index (Phi) is 8.73. The average Bonchev–Trinajstić information content (AvgIpc) is 3.01. The summed E-state index contributed by atoms with van der Waals surface area (Å²) in [7, 11) is 3.11. The topological polar surface area (TPSA) is 120 Å². The van der Waals surface area contributed by atoms with E-state index >= 15 is 0 Å². The van der Waals surface area contributed by atoms with Crippen LogP contribution in [-0.2, 0) is 11.2 Å². The van der Waals surface area contributed by atoms with Gasteiger partial charge in [0.15, 0.2) is 17.7 Å². The second kappa shape index (κ2) is 11.0. The Bertz CT molecular complexity index is 729. The largest absolute Gasteiger partial charge is 0.493 e. The van der Waals surface area contributed by atoms with E-state index in [2.05, 4.69) is 10.6 Å². The first kappa shape index (κ1) is 23.8. The lowest BCUT2D eigenvalue weighted by atomic mass is 9.99. The second-order valence-corrected chi connectivity index (χ2v) is 7.55. The summed E-state index contributed by atoms with van der Waals surface area (Å²) in [5, 5.41) is 25.5. The zero-order chi connectivity index (χ0) is 22.3. The maximum Gasteiger partial charge on any atom is 0.319 e. The molecule has 0 bridgehead atoms. The number of aliphatic hydroxyl groups excluding tert-OH is 2. The Morgan fingerprint density at radius 3 is 2.60 bits per heavy atom. The van der Waals surface area contributed by atoms with E-state index in [4.69, 9.17) is 9.47 Å². The van der Waals surface area contributed by atoms with Crippen molar-refractivity contribution in [3.05, 3.63) is 23.8 Å². The minimum Gasteiger partial charge on any atom is -0.493 e. The third-order valence-electron chi connectivity index (χ3n) is 5.62. The fourth-order valence-corrected chi connectivity index (χ4v) is 3.45. The minimum absolute atomic E-state index is 0.0628. The van der Waals surface area contributed by atoms with Crippen LogP contribution in [0.15, 0.2) is 18.2 Å². The van der Waals surface area contributed by atoms with Crippen molar-refractivity contribution in [1.82, 2.24) is 15.5 Å². The lowest BCUT2D eigenvalue weighted by Gasteiger charge is -2.24. The molecule has 0 unspecified atom stereocenters. The fraction of sp³-hybridized carbons (Fsp3) is 0.619. The molecule has 3 amide bonds. The molecule has 168 valence electrons. The summed E-state index contributed by atoms with van der Waals surface area (Å²) < 4.78 is 10.5. The van der Waals surface area contributed by atoms with E-state index in [1.54, 1.807) is 20.3 Å². The van der Waals surface area contributed by atoms with Gasteiger partial charge in [0.25, 0.3) is 0 Å². The first-order valence-electron chi connectivity index (χ1n) is 10.2. The van der Waals surface area contributed by atoms with Crippen LogP contribution in [0.2, 0.25) is 0 Å². The number of nitrogens with one attached hydrogen (secondary N) is 2. The van der Waals surface area contributed by atoms with Gasteiger partial charge in [-0.05, 0) is 30.0 Å². The minimum atomic E-state index is -1.11. The molecule has 4 atom stereocenters. The SMILES string of the molecule is CC[C@H](C)[C@H](CO)NC(=O)C[C@@H]1NC(=O)N(CCc2ccc(OC)c(OC)c2)[C@H]1O. The average molecular weight is 424 g/mol. The summed E-state index contributed by atoms with van der Waals surface area (Å²) in [6.07, 6.45) is 0.148. The number of methoxy groups -OCH3 is 2. The third kappa shape index (κ3) is 5.76. The molecule has 1 aromatic carbocycles. The first-order valence-corrected chi connectivity index (χ1v) is 10.2. The normalized spacial score (nSPS) is 20.5. The van der Waals surface area contributed by atoms with Gasteiger partial charge in [-0.25, -0.2) is 4.79 Å². The van der Waals surface area contributed by atoms with Crippen molar-refractivity contribution >= 4 is 11.9 Å². The smallest absolute Gasteiger partial charge is 0.319 e. The lowest BCUT2D eigenvalue weighted by molar-refractivity contribution is -0.123. The highest BCUT2D eigenvalue weighted by Gasteiger charge is 2.39. The van der Waals surface area contributed by atoms with Crippen LogP contribution in [0.3, 0.4) is 0 Å². The van der Waals surface area contributed by atoms with Crippen molar-refractivity contribution in [3.63, 3.8) is 0 Å². The van der Waals surface area contributed by atoms with Gasteiger partial charge in [0, 0.05) is 6.54 Å². The monoisotopic (exact) mass is 423 g/mol. The van der Waals surface area contributed by atoms with Crippen molar-refractivity contribution in [1.29, 1.82) is 0 Å². The van der Waals surface area contributed by atoms with Gasteiger partial charge in [-0.1, -0.05) is 26.3 Å². The summed E-state index contributed by atoms with van der Waals surface area (Å²) >= 11 is 0. The number of carbonyl (C=O) groups excluding carboxylic acids is 2. The van der Waals surface area contributed by atoms with Crippen LogP contribution in [0.1, 0.15) is 32.3 Å². The fourth-order valence-electron chi connectivity index (χ4n) is 3.45. The molecular formula is C21H33N3O6. The number of hydrogen-bond acceptors (Lipinski definition) is 6. The quantitative estimate of drug-likeness (QED) is 0.419. The van der Waals surface area contributed by atoms with Gasteiger partial charge in [0.2, 0.25) is 5.91 Å². The first-order chi connectivity index (χ1) is 14.3. The van der Waals surface area contributed by atoms with Gasteiger partial charge in [0.05, 0.1) is 39.3 Å². The van der Waals surface area contributed by atoms with Crippen LogP contribution in [-0.4, -0.2) is 72.7 Å². The van der Waals surface area contributed by atoms with Gasteiger partial charge < -0.3 is 30.3 Å². The molecular weight excluding hydrogens is 390 g/mol. The van der Waals surface area contributed by atoms with E-state index in [0.717, 1.165) is 12.0 Å². The van der Waals surface area contributed by atoms with Crippen LogP contribution in [0.4, 0.5) is 4.79 Å². The Hall–Kier alpha value is -2.52.